The van der Waals surface area contributed by atoms with Crippen LogP contribution < -0.4 is 4.90 Å². The highest BCUT2D eigenvalue weighted by atomic mass is 35.5. The number of benzene rings is 1. The van der Waals surface area contributed by atoms with Gasteiger partial charge < -0.3 is 9.80 Å². The molecule has 2 rings (SSSR count). The van der Waals surface area contributed by atoms with Gasteiger partial charge in [0.2, 0.25) is 5.91 Å². The van der Waals surface area contributed by atoms with Crippen LogP contribution in [0.5, 0.6) is 0 Å². The highest BCUT2D eigenvalue weighted by molar-refractivity contribution is 6.33. The van der Waals surface area contributed by atoms with Crippen LogP contribution in [0.2, 0.25) is 5.02 Å². The molecule has 6 heteroatoms. The average Bonchev–Trinajstić information content (AvgIpc) is 2.38. The molecule has 0 spiro atoms. The molecule has 0 radical (unpaired) electrons. The Kier molecular flexibility index (Phi) is 4.30. The first-order chi connectivity index (χ1) is 8.61. The first kappa shape index (κ1) is 13.4. The van der Waals surface area contributed by atoms with Gasteiger partial charge in [-0.25, -0.2) is 4.39 Å². The molecule has 0 N–H and O–H groups in total. The summed E-state index contributed by atoms with van der Waals surface area (Å²) >= 11 is 11.5. The predicted octanol–water partition coefficient (Wildman–Crippen LogP) is 2.37. The molecule has 0 aromatic heterocycles. The molecule has 1 aliphatic rings. The fraction of sp³-hybridized carbons (Fsp3) is 0.417. The van der Waals surface area contributed by atoms with Crippen LogP contribution in [0.1, 0.15) is 0 Å². The van der Waals surface area contributed by atoms with E-state index >= 15 is 0 Å². The summed E-state index contributed by atoms with van der Waals surface area (Å²) in [6.45, 7) is 2.57. The molecule has 1 fully saturated rings. The van der Waals surface area contributed by atoms with Crippen LogP contribution in [0, 0.1) is 5.82 Å². The van der Waals surface area contributed by atoms with Crippen molar-refractivity contribution in [3.05, 3.63) is 29.0 Å². The van der Waals surface area contributed by atoms with E-state index in [1.54, 1.807) is 11.0 Å². The van der Waals surface area contributed by atoms with E-state index in [-0.39, 0.29) is 17.6 Å². The number of hydrogen-bond donors (Lipinski definition) is 0. The van der Waals surface area contributed by atoms with E-state index < -0.39 is 0 Å². The van der Waals surface area contributed by atoms with Crippen LogP contribution in [0.25, 0.3) is 0 Å². The minimum atomic E-state index is -0.347. The fourth-order valence-corrected chi connectivity index (χ4v) is 2.47. The van der Waals surface area contributed by atoms with Gasteiger partial charge in [-0.15, -0.1) is 11.6 Å². The zero-order chi connectivity index (χ0) is 13.1. The number of nitrogens with zero attached hydrogens (tertiary/aromatic N) is 2. The minimum Gasteiger partial charge on any atom is -0.367 e. The van der Waals surface area contributed by atoms with Gasteiger partial charge in [0.15, 0.2) is 0 Å². The van der Waals surface area contributed by atoms with Gasteiger partial charge in [0.05, 0.1) is 10.7 Å². The molecule has 1 aromatic rings. The predicted molar refractivity (Wildman–Crippen MR) is 70.9 cm³/mol. The molecular formula is C12H13Cl2FN2O. The van der Waals surface area contributed by atoms with Gasteiger partial charge in [0.25, 0.3) is 0 Å². The molecular weight excluding hydrogens is 278 g/mol. The lowest BCUT2D eigenvalue weighted by Gasteiger charge is -2.36. The normalized spacial score (nSPS) is 15.9. The summed E-state index contributed by atoms with van der Waals surface area (Å²) < 4.78 is 13.0. The van der Waals surface area contributed by atoms with Crippen LogP contribution in [-0.2, 0) is 4.79 Å². The van der Waals surface area contributed by atoms with E-state index in [2.05, 4.69) is 0 Å². The van der Waals surface area contributed by atoms with E-state index in [0.29, 0.717) is 31.2 Å². The maximum absolute atomic E-state index is 13.0. The summed E-state index contributed by atoms with van der Waals surface area (Å²) in [5.41, 5.74) is 0.802. The lowest BCUT2D eigenvalue weighted by molar-refractivity contribution is -0.128. The molecule has 0 aliphatic carbocycles. The third kappa shape index (κ3) is 2.87. The summed E-state index contributed by atoms with van der Waals surface area (Å²) in [5, 5.41) is 0.395. The van der Waals surface area contributed by atoms with Gasteiger partial charge in [-0.1, -0.05) is 11.6 Å². The van der Waals surface area contributed by atoms with Gasteiger partial charge in [0.1, 0.15) is 11.7 Å². The van der Waals surface area contributed by atoms with Crippen molar-refractivity contribution in [1.82, 2.24) is 4.90 Å². The number of carbonyl (C=O) groups excluding carboxylic acids is 1. The SMILES string of the molecule is O=C(CCl)N1CCN(c2ccc(F)cc2Cl)CC1. The smallest absolute Gasteiger partial charge is 0.237 e. The highest BCUT2D eigenvalue weighted by Crippen LogP contribution is 2.27. The maximum atomic E-state index is 13.0. The van der Waals surface area contributed by atoms with Crippen LogP contribution in [0.3, 0.4) is 0 Å². The molecule has 1 heterocycles. The lowest BCUT2D eigenvalue weighted by Crippen LogP contribution is -2.49. The molecule has 0 atom stereocenters. The summed E-state index contributed by atoms with van der Waals surface area (Å²) in [7, 11) is 0. The Labute approximate surface area is 115 Å². The number of halogens is 3. The third-order valence-corrected chi connectivity index (χ3v) is 3.53. The Hall–Kier alpha value is -1.00. The monoisotopic (exact) mass is 290 g/mol. The van der Waals surface area contributed by atoms with Crippen LogP contribution in [0.15, 0.2) is 18.2 Å². The van der Waals surface area contributed by atoms with Crippen molar-refractivity contribution in [1.29, 1.82) is 0 Å². The number of alkyl halides is 1. The molecule has 0 unspecified atom stereocenters. The van der Waals surface area contributed by atoms with Gasteiger partial charge in [-0.2, -0.15) is 0 Å². The number of piperazine rings is 1. The number of carbonyl (C=O) groups is 1. The van der Waals surface area contributed by atoms with Crippen LogP contribution >= 0.6 is 23.2 Å². The Morgan fingerprint density at radius 2 is 1.94 bits per heavy atom. The summed E-state index contributed by atoms with van der Waals surface area (Å²) in [6.07, 6.45) is 0. The van der Waals surface area contributed by atoms with E-state index in [4.69, 9.17) is 23.2 Å². The van der Waals surface area contributed by atoms with Gasteiger partial charge in [-0.3, -0.25) is 4.79 Å². The molecule has 18 heavy (non-hydrogen) atoms. The van der Waals surface area contributed by atoms with Crippen molar-refractivity contribution >= 4 is 34.8 Å². The topological polar surface area (TPSA) is 23.6 Å². The average molecular weight is 291 g/mol. The number of rotatable bonds is 2. The van der Waals surface area contributed by atoms with Crippen molar-refractivity contribution in [3.8, 4) is 0 Å². The highest BCUT2D eigenvalue weighted by Gasteiger charge is 2.21. The second-order valence-electron chi connectivity index (χ2n) is 4.10. The summed E-state index contributed by atoms with van der Waals surface area (Å²) in [4.78, 5) is 15.2. The van der Waals surface area contributed by atoms with Crippen molar-refractivity contribution < 1.29 is 9.18 Å². The Morgan fingerprint density at radius 1 is 1.28 bits per heavy atom. The van der Waals surface area contributed by atoms with E-state index in [1.165, 1.54) is 12.1 Å². The van der Waals surface area contributed by atoms with Crippen molar-refractivity contribution in [2.24, 2.45) is 0 Å². The van der Waals surface area contributed by atoms with E-state index in [0.717, 1.165) is 5.69 Å². The first-order valence-electron chi connectivity index (χ1n) is 5.65. The van der Waals surface area contributed by atoms with Gasteiger partial charge in [0, 0.05) is 26.2 Å². The van der Waals surface area contributed by atoms with E-state index in [1.807, 2.05) is 4.90 Å². The van der Waals surface area contributed by atoms with Crippen molar-refractivity contribution in [2.45, 2.75) is 0 Å². The Balaban J connectivity index is 2.03. The summed E-state index contributed by atoms with van der Waals surface area (Å²) in [5.74, 6) is -0.390. The zero-order valence-corrected chi connectivity index (χ0v) is 11.2. The second kappa shape index (κ2) is 5.76. The van der Waals surface area contributed by atoms with E-state index in [9.17, 15) is 9.18 Å². The molecule has 3 nitrogen and oxygen atoms in total. The fourth-order valence-electron chi connectivity index (χ4n) is 2.02. The molecule has 1 saturated heterocycles. The summed E-state index contributed by atoms with van der Waals surface area (Å²) in [6, 6.07) is 4.35. The first-order valence-corrected chi connectivity index (χ1v) is 6.57. The number of anilines is 1. The largest absolute Gasteiger partial charge is 0.367 e. The molecule has 98 valence electrons. The van der Waals surface area contributed by atoms with Crippen molar-refractivity contribution in [3.63, 3.8) is 0 Å². The quantitative estimate of drug-likeness (QED) is 0.781. The van der Waals surface area contributed by atoms with Gasteiger partial charge in [-0.05, 0) is 18.2 Å². The second-order valence-corrected chi connectivity index (χ2v) is 4.77. The van der Waals surface area contributed by atoms with Gasteiger partial charge >= 0.3 is 0 Å². The molecule has 1 amide bonds. The van der Waals surface area contributed by atoms with Crippen molar-refractivity contribution in [2.75, 3.05) is 37.0 Å². The van der Waals surface area contributed by atoms with Crippen LogP contribution in [0.4, 0.5) is 10.1 Å². The Morgan fingerprint density at radius 3 is 2.50 bits per heavy atom. The standard InChI is InChI=1S/C12H13Cl2FN2O/c13-8-12(18)17-5-3-16(4-6-17)11-2-1-9(15)7-10(11)14/h1-2,7H,3-6,8H2. The molecule has 0 bridgehead atoms. The van der Waals surface area contributed by atoms with Crippen LogP contribution in [-0.4, -0.2) is 42.9 Å². The zero-order valence-electron chi connectivity index (χ0n) is 9.70. The number of amides is 1. The molecule has 0 saturated carbocycles. The minimum absolute atomic E-state index is 0.0112. The lowest BCUT2D eigenvalue weighted by atomic mass is 10.2. The number of hydrogen-bond acceptors (Lipinski definition) is 2. The molecule has 1 aromatic carbocycles. The maximum Gasteiger partial charge on any atom is 0.237 e. The third-order valence-electron chi connectivity index (χ3n) is 3.00. The Bertz CT molecular complexity index is 448. The molecule has 1 aliphatic heterocycles.